The maximum Gasteiger partial charge on any atom is 0.0702 e. The van der Waals surface area contributed by atoms with E-state index in [1.54, 1.807) is 0 Å². The van der Waals surface area contributed by atoms with Gasteiger partial charge in [0.2, 0.25) is 0 Å². The normalized spacial score (nSPS) is 11.6. The number of rotatable bonds is 4. The lowest BCUT2D eigenvalue weighted by molar-refractivity contribution is 1.18. The quantitative estimate of drug-likeness (QED) is 0.210. The first-order chi connectivity index (χ1) is 21.8. The van der Waals surface area contributed by atoms with Crippen molar-refractivity contribution in [1.29, 1.82) is 0 Å². The topological polar surface area (TPSA) is 22.8 Å². The Morgan fingerprint density at radius 3 is 1.59 bits per heavy atom. The van der Waals surface area contributed by atoms with Crippen molar-refractivity contribution in [3.05, 3.63) is 164 Å². The first-order valence-corrected chi connectivity index (χ1v) is 15.0. The van der Waals surface area contributed by atoms with Crippen molar-refractivity contribution in [3.63, 3.8) is 0 Å². The standard InChI is InChI=1S/C41H27N3/c1-2-12-31(13-3-1)43-38-18-6-4-15-33(38)35-26-29(20-22-40(35)43)28-11-10-14-32(25-28)44-39-19-7-5-16-34(39)36-27-30(21-23-41(36)44)37-17-8-9-24-42-37/h1-27H. The first kappa shape index (κ1) is 24.6. The molecule has 0 aliphatic carbocycles. The molecule has 0 fully saturated rings. The molecule has 0 amide bonds. The monoisotopic (exact) mass is 561 g/mol. The number of pyridine rings is 1. The molecule has 0 bridgehead atoms. The molecule has 44 heavy (non-hydrogen) atoms. The molecule has 0 radical (unpaired) electrons. The Kier molecular flexibility index (Phi) is 5.50. The van der Waals surface area contributed by atoms with Crippen LogP contribution in [0.2, 0.25) is 0 Å². The summed E-state index contributed by atoms with van der Waals surface area (Å²) in [6.45, 7) is 0. The van der Waals surface area contributed by atoms with E-state index < -0.39 is 0 Å². The minimum atomic E-state index is 0.984. The molecule has 3 nitrogen and oxygen atoms in total. The second-order valence-electron chi connectivity index (χ2n) is 11.3. The molecule has 0 spiro atoms. The molecule has 9 aromatic rings. The summed E-state index contributed by atoms with van der Waals surface area (Å²) in [5.41, 5.74) is 11.6. The number of nitrogens with zero attached hydrogens (tertiary/aromatic N) is 3. The largest absolute Gasteiger partial charge is 0.309 e. The third-order valence-corrected chi connectivity index (χ3v) is 8.76. The van der Waals surface area contributed by atoms with E-state index in [2.05, 4.69) is 160 Å². The molecule has 0 unspecified atom stereocenters. The van der Waals surface area contributed by atoms with Gasteiger partial charge in [0.05, 0.1) is 27.8 Å². The fourth-order valence-corrected chi connectivity index (χ4v) is 6.78. The van der Waals surface area contributed by atoms with Gasteiger partial charge in [-0.3, -0.25) is 4.98 Å². The van der Waals surface area contributed by atoms with Crippen molar-refractivity contribution in [1.82, 2.24) is 14.1 Å². The van der Waals surface area contributed by atoms with E-state index in [4.69, 9.17) is 0 Å². The summed E-state index contributed by atoms with van der Waals surface area (Å²) in [7, 11) is 0. The van der Waals surface area contributed by atoms with Crippen molar-refractivity contribution in [2.24, 2.45) is 0 Å². The molecule has 0 saturated heterocycles. The molecular weight excluding hydrogens is 534 g/mol. The average Bonchev–Trinajstić information content (AvgIpc) is 3.61. The van der Waals surface area contributed by atoms with Gasteiger partial charge in [-0.1, -0.05) is 84.9 Å². The molecule has 0 atom stereocenters. The van der Waals surface area contributed by atoms with E-state index in [1.807, 2.05) is 18.3 Å². The number of benzene rings is 6. The van der Waals surface area contributed by atoms with E-state index in [1.165, 1.54) is 60.4 Å². The molecule has 0 aliphatic rings. The Hall–Kier alpha value is -5.93. The van der Waals surface area contributed by atoms with Gasteiger partial charge in [0, 0.05) is 44.7 Å². The predicted octanol–water partition coefficient (Wildman–Crippen LogP) is 10.6. The Morgan fingerprint density at radius 2 is 0.886 bits per heavy atom. The van der Waals surface area contributed by atoms with E-state index in [9.17, 15) is 0 Å². The lowest BCUT2D eigenvalue weighted by atomic mass is 10.0. The van der Waals surface area contributed by atoms with Crippen molar-refractivity contribution >= 4 is 43.6 Å². The number of para-hydroxylation sites is 3. The molecule has 0 N–H and O–H groups in total. The molecule has 3 aromatic heterocycles. The number of fused-ring (bicyclic) bond motifs is 6. The molecule has 206 valence electrons. The zero-order chi connectivity index (χ0) is 29.0. The smallest absolute Gasteiger partial charge is 0.0702 e. The van der Waals surface area contributed by atoms with Crippen molar-refractivity contribution in [2.45, 2.75) is 0 Å². The van der Waals surface area contributed by atoms with Gasteiger partial charge in [-0.15, -0.1) is 0 Å². The van der Waals surface area contributed by atoms with Gasteiger partial charge < -0.3 is 9.13 Å². The van der Waals surface area contributed by atoms with Crippen LogP contribution in [0.3, 0.4) is 0 Å². The van der Waals surface area contributed by atoms with Gasteiger partial charge in [-0.2, -0.15) is 0 Å². The van der Waals surface area contributed by atoms with Crippen LogP contribution in [0.15, 0.2) is 164 Å². The Bertz CT molecular complexity index is 2480. The van der Waals surface area contributed by atoms with Gasteiger partial charge in [0.25, 0.3) is 0 Å². The molecule has 0 saturated carbocycles. The minimum absolute atomic E-state index is 0.984. The van der Waals surface area contributed by atoms with Crippen LogP contribution < -0.4 is 0 Å². The first-order valence-electron chi connectivity index (χ1n) is 15.0. The van der Waals surface area contributed by atoms with Crippen LogP contribution in [0.5, 0.6) is 0 Å². The Morgan fingerprint density at radius 1 is 0.341 bits per heavy atom. The number of hydrogen-bond acceptors (Lipinski definition) is 1. The van der Waals surface area contributed by atoms with Crippen molar-refractivity contribution < 1.29 is 0 Å². The maximum absolute atomic E-state index is 4.60. The second kappa shape index (κ2) is 9.82. The van der Waals surface area contributed by atoms with E-state index in [0.29, 0.717) is 0 Å². The highest BCUT2D eigenvalue weighted by Gasteiger charge is 2.16. The van der Waals surface area contributed by atoms with Gasteiger partial charge in [-0.05, 0) is 83.9 Å². The minimum Gasteiger partial charge on any atom is -0.309 e. The van der Waals surface area contributed by atoms with Gasteiger partial charge in [0.1, 0.15) is 0 Å². The van der Waals surface area contributed by atoms with Crippen LogP contribution in [0.4, 0.5) is 0 Å². The fourth-order valence-electron chi connectivity index (χ4n) is 6.78. The number of hydrogen-bond donors (Lipinski definition) is 0. The Balaban J connectivity index is 1.22. The van der Waals surface area contributed by atoms with Crippen LogP contribution in [-0.2, 0) is 0 Å². The summed E-state index contributed by atoms with van der Waals surface area (Å²) in [6, 6.07) is 56.5. The Labute approximate surface area is 254 Å². The molecule has 6 aromatic carbocycles. The zero-order valence-electron chi connectivity index (χ0n) is 23.9. The summed E-state index contributed by atoms with van der Waals surface area (Å²) < 4.78 is 4.75. The van der Waals surface area contributed by atoms with E-state index in [0.717, 1.165) is 16.9 Å². The van der Waals surface area contributed by atoms with Crippen LogP contribution in [0.25, 0.3) is 77.4 Å². The third-order valence-electron chi connectivity index (χ3n) is 8.76. The molecular formula is C41H27N3. The molecule has 0 aliphatic heterocycles. The summed E-state index contributed by atoms with van der Waals surface area (Å²) in [6.07, 6.45) is 1.85. The van der Waals surface area contributed by atoms with Crippen molar-refractivity contribution in [3.8, 4) is 33.8 Å². The van der Waals surface area contributed by atoms with Gasteiger partial charge in [0.15, 0.2) is 0 Å². The molecule has 9 rings (SSSR count). The SMILES string of the molecule is c1ccc(-n2c3ccccc3c3cc(-c4cccc(-n5c6ccccc6c6cc(-c7ccccn7)ccc65)c4)ccc32)cc1. The maximum atomic E-state index is 4.60. The highest BCUT2D eigenvalue weighted by atomic mass is 15.0. The summed E-state index contributed by atoms with van der Waals surface area (Å²) in [4.78, 5) is 4.60. The lowest BCUT2D eigenvalue weighted by Gasteiger charge is -2.11. The lowest BCUT2D eigenvalue weighted by Crippen LogP contribution is -1.94. The highest BCUT2D eigenvalue weighted by Crippen LogP contribution is 2.37. The van der Waals surface area contributed by atoms with E-state index >= 15 is 0 Å². The summed E-state index contributed by atoms with van der Waals surface area (Å²) in [5, 5.41) is 4.98. The second-order valence-corrected chi connectivity index (χ2v) is 11.3. The van der Waals surface area contributed by atoms with Crippen LogP contribution in [-0.4, -0.2) is 14.1 Å². The highest BCUT2D eigenvalue weighted by molar-refractivity contribution is 6.11. The van der Waals surface area contributed by atoms with E-state index in [-0.39, 0.29) is 0 Å². The van der Waals surface area contributed by atoms with Gasteiger partial charge in [-0.25, -0.2) is 0 Å². The van der Waals surface area contributed by atoms with Crippen LogP contribution >= 0.6 is 0 Å². The molecule has 3 heteroatoms. The predicted molar refractivity (Wildman–Crippen MR) is 184 cm³/mol. The van der Waals surface area contributed by atoms with Crippen LogP contribution in [0, 0.1) is 0 Å². The van der Waals surface area contributed by atoms with Crippen LogP contribution in [0.1, 0.15) is 0 Å². The van der Waals surface area contributed by atoms with Crippen molar-refractivity contribution in [2.75, 3.05) is 0 Å². The average molecular weight is 562 g/mol. The third kappa shape index (κ3) is 3.80. The number of aromatic nitrogens is 3. The summed E-state index contributed by atoms with van der Waals surface area (Å²) >= 11 is 0. The van der Waals surface area contributed by atoms with Gasteiger partial charge >= 0.3 is 0 Å². The zero-order valence-corrected chi connectivity index (χ0v) is 23.9. The fraction of sp³-hybridized carbons (Fsp3) is 0. The summed E-state index contributed by atoms with van der Waals surface area (Å²) in [5.74, 6) is 0. The molecule has 3 heterocycles.